The smallest absolute Gasteiger partial charge is 0.231 e. The number of nitrogens with zero attached hydrogens (tertiary/aromatic N) is 1. The van der Waals surface area contributed by atoms with Crippen LogP contribution < -0.4 is 10.6 Å². The molecule has 1 aromatic heterocycles. The fourth-order valence-electron chi connectivity index (χ4n) is 1.70. The first-order valence-electron chi connectivity index (χ1n) is 5.75. The average molecular weight is 290 g/mol. The van der Waals surface area contributed by atoms with Gasteiger partial charge in [-0.2, -0.15) is 11.3 Å². The van der Waals surface area contributed by atoms with Crippen molar-refractivity contribution in [2.45, 2.75) is 6.42 Å². The number of likely N-dealkylation sites (N-methyl/N-ethyl adjacent to an activating group) is 1. The van der Waals surface area contributed by atoms with Gasteiger partial charge in [-0.05, 0) is 34.5 Å². The molecular weight excluding hydrogens is 276 g/mol. The van der Waals surface area contributed by atoms with Gasteiger partial charge in [-0.1, -0.05) is 24.4 Å². The summed E-state index contributed by atoms with van der Waals surface area (Å²) in [6, 6.07) is 9.34. The van der Waals surface area contributed by atoms with Crippen molar-refractivity contribution in [2.24, 2.45) is 5.73 Å². The van der Waals surface area contributed by atoms with E-state index in [4.69, 9.17) is 18.0 Å². The largest absolute Gasteiger partial charge is 0.389 e. The number of anilines is 1. The van der Waals surface area contributed by atoms with E-state index in [0.717, 1.165) is 16.8 Å². The molecular formula is C14H14N2OS2. The van der Waals surface area contributed by atoms with Gasteiger partial charge >= 0.3 is 0 Å². The van der Waals surface area contributed by atoms with E-state index in [9.17, 15) is 4.79 Å². The van der Waals surface area contributed by atoms with Crippen molar-refractivity contribution in [1.82, 2.24) is 0 Å². The molecule has 0 spiro atoms. The Morgan fingerprint density at radius 1 is 1.42 bits per heavy atom. The number of amides is 1. The van der Waals surface area contributed by atoms with E-state index in [1.807, 2.05) is 41.1 Å². The summed E-state index contributed by atoms with van der Waals surface area (Å²) in [4.78, 5) is 14.1. The van der Waals surface area contributed by atoms with Crippen LogP contribution in [0.5, 0.6) is 0 Å². The molecule has 3 nitrogen and oxygen atoms in total. The number of carbonyl (C=O) groups is 1. The second kappa shape index (κ2) is 5.95. The zero-order valence-corrected chi connectivity index (χ0v) is 12.1. The summed E-state index contributed by atoms with van der Waals surface area (Å²) < 4.78 is 0. The van der Waals surface area contributed by atoms with E-state index in [0.29, 0.717) is 11.4 Å². The first-order chi connectivity index (χ1) is 9.08. The second-order valence-electron chi connectivity index (χ2n) is 4.18. The molecule has 2 aromatic rings. The van der Waals surface area contributed by atoms with Crippen LogP contribution in [0.25, 0.3) is 0 Å². The first kappa shape index (κ1) is 13.7. The highest BCUT2D eigenvalue weighted by molar-refractivity contribution is 7.80. The molecule has 2 rings (SSSR count). The summed E-state index contributed by atoms with van der Waals surface area (Å²) in [5.41, 5.74) is 8.20. The number of carbonyl (C=O) groups excluding carboxylic acids is 1. The molecule has 5 heteroatoms. The van der Waals surface area contributed by atoms with Crippen LogP contribution in [0.15, 0.2) is 41.1 Å². The normalized spacial score (nSPS) is 10.2. The zero-order valence-electron chi connectivity index (χ0n) is 10.5. The lowest BCUT2D eigenvalue weighted by Crippen LogP contribution is -2.28. The van der Waals surface area contributed by atoms with Crippen molar-refractivity contribution in [1.29, 1.82) is 0 Å². The minimum Gasteiger partial charge on any atom is -0.389 e. The molecule has 0 saturated carbocycles. The number of rotatable bonds is 4. The maximum atomic E-state index is 12.2. The maximum absolute atomic E-state index is 12.2. The van der Waals surface area contributed by atoms with E-state index < -0.39 is 0 Å². The molecule has 0 saturated heterocycles. The molecule has 0 unspecified atom stereocenters. The fourth-order valence-corrected chi connectivity index (χ4v) is 2.49. The molecule has 0 aliphatic carbocycles. The molecule has 1 heterocycles. The van der Waals surface area contributed by atoms with E-state index in [-0.39, 0.29) is 5.91 Å². The van der Waals surface area contributed by atoms with Crippen molar-refractivity contribution < 1.29 is 4.79 Å². The van der Waals surface area contributed by atoms with Crippen LogP contribution in [0.1, 0.15) is 11.1 Å². The van der Waals surface area contributed by atoms with E-state index in [1.54, 1.807) is 23.3 Å². The van der Waals surface area contributed by atoms with Gasteiger partial charge in [0.2, 0.25) is 5.91 Å². The van der Waals surface area contributed by atoms with Gasteiger partial charge in [0.05, 0.1) is 6.42 Å². The summed E-state index contributed by atoms with van der Waals surface area (Å²) in [5, 5.41) is 3.95. The van der Waals surface area contributed by atoms with Crippen LogP contribution in [0.2, 0.25) is 0 Å². The summed E-state index contributed by atoms with van der Waals surface area (Å²) in [5.74, 6) is 0.0403. The Kier molecular flexibility index (Phi) is 4.29. The van der Waals surface area contributed by atoms with Crippen LogP contribution >= 0.6 is 23.6 Å². The lowest BCUT2D eigenvalue weighted by molar-refractivity contribution is -0.117. The molecule has 0 bridgehead atoms. The van der Waals surface area contributed by atoms with Gasteiger partial charge in [-0.25, -0.2) is 0 Å². The number of thiophene rings is 1. The van der Waals surface area contributed by atoms with E-state index >= 15 is 0 Å². The highest BCUT2D eigenvalue weighted by atomic mass is 32.1. The molecule has 0 atom stereocenters. The summed E-state index contributed by atoms with van der Waals surface area (Å²) in [6.07, 6.45) is 0.400. The van der Waals surface area contributed by atoms with Crippen LogP contribution in [-0.2, 0) is 11.2 Å². The van der Waals surface area contributed by atoms with Gasteiger partial charge in [0.15, 0.2) is 0 Å². The summed E-state index contributed by atoms with van der Waals surface area (Å²) in [7, 11) is 1.76. The minimum atomic E-state index is 0.0403. The van der Waals surface area contributed by atoms with Crippen molar-refractivity contribution in [3.8, 4) is 0 Å². The van der Waals surface area contributed by atoms with Gasteiger partial charge in [0, 0.05) is 18.3 Å². The number of benzene rings is 1. The average Bonchev–Trinajstić information content (AvgIpc) is 2.90. The lowest BCUT2D eigenvalue weighted by atomic mass is 10.1. The second-order valence-corrected chi connectivity index (χ2v) is 5.40. The number of nitrogens with two attached hydrogens (primary N) is 1. The Hall–Kier alpha value is -1.72. The highest BCUT2D eigenvalue weighted by Crippen LogP contribution is 2.17. The third-order valence-corrected chi connectivity index (χ3v) is 3.80. The Bertz CT molecular complexity index is 593. The van der Waals surface area contributed by atoms with E-state index in [2.05, 4.69) is 0 Å². The third kappa shape index (κ3) is 3.39. The molecule has 0 aliphatic rings. The summed E-state index contributed by atoms with van der Waals surface area (Å²) in [6.45, 7) is 0. The third-order valence-electron chi connectivity index (χ3n) is 2.83. The maximum Gasteiger partial charge on any atom is 0.231 e. The standard InChI is InChI=1S/C14H14N2OS2/c1-16(13(17)7-10-5-6-19-9-10)12-4-2-3-11(8-12)14(15)18/h2-6,8-9H,7H2,1H3,(H2,15,18). The monoisotopic (exact) mass is 290 g/mol. The Morgan fingerprint density at radius 2 is 2.21 bits per heavy atom. The van der Waals surface area contributed by atoms with Gasteiger partial charge in [0.1, 0.15) is 4.99 Å². The molecule has 2 N–H and O–H groups in total. The van der Waals surface area contributed by atoms with Gasteiger partial charge in [-0.3, -0.25) is 4.79 Å². The fraction of sp³-hybridized carbons (Fsp3) is 0.143. The van der Waals surface area contributed by atoms with E-state index in [1.165, 1.54) is 0 Å². The molecule has 98 valence electrons. The molecule has 19 heavy (non-hydrogen) atoms. The highest BCUT2D eigenvalue weighted by Gasteiger charge is 2.12. The van der Waals surface area contributed by atoms with Crippen molar-refractivity contribution in [3.05, 3.63) is 52.2 Å². The predicted molar refractivity (Wildman–Crippen MR) is 83.8 cm³/mol. The Balaban J connectivity index is 2.14. The van der Waals surface area contributed by atoms with Crippen LogP contribution in [-0.4, -0.2) is 17.9 Å². The lowest BCUT2D eigenvalue weighted by Gasteiger charge is -2.17. The summed E-state index contributed by atoms with van der Waals surface area (Å²) >= 11 is 6.53. The zero-order chi connectivity index (χ0) is 13.8. The number of hydrogen-bond donors (Lipinski definition) is 1. The predicted octanol–water partition coefficient (Wildman–Crippen LogP) is 2.59. The Morgan fingerprint density at radius 3 is 2.84 bits per heavy atom. The molecule has 0 radical (unpaired) electrons. The Labute approximate surface area is 121 Å². The topological polar surface area (TPSA) is 46.3 Å². The van der Waals surface area contributed by atoms with Crippen LogP contribution in [0.3, 0.4) is 0 Å². The number of hydrogen-bond acceptors (Lipinski definition) is 3. The molecule has 1 amide bonds. The van der Waals surface area contributed by atoms with Crippen molar-refractivity contribution in [2.75, 3.05) is 11.9 Å². The van der Waals surface area contributed by atoms with Crippen LogP contribution in [0.4, 0.5) is 5.69 Å². The minimum absolute atomic E-state index is 0.0403. The van der Waals surface area contributed by atoms with Gasteiger partial charge in [-0.15, -0.1) is 0 Å². The van der Waals surface area contributed by atoms with Gasteiger partial charge < -0.3 is 10.6 Å². The molecule has 1 aromatic carbocycles. The first-order valence-corrected chi connectivity index (χ1v) is 7.10. The van der Waals surface area contributed by atoms with Crippen molar-refractivity contribution >= 4 is 40.1 Å². The van der Waals surface area contributed by atoms with Crippen molar-refractivity contribution in [3.63, 3.8) is 0 Å². The quantitative estimate of drug-likeness (QED) is 0.880. The molecule has 0 aliphatic heterocycles. The van der Waals surface area contributed by atoms with Crippen LogP contribution in [0, 0.1) is 0 Å². The number of thiocarbonyl (C=S) groups is 1. The molecule has 0 fully saturated rings. The van der Waals surface area contributed by atoms with Gasteiger partial charge in [0.25, 0.3) is 0 Å². The SMILES string of the molecule is CN(C(=O)Cc1ccsc1)c1cccc(C(N)=S)c1.